The molecule has 0 fully saturated rings. The van der Waals surface area contributed by atoms with Gasteiger partial charge in [0.05, 0.1) is 6.20 Å². The van der Waals surface area contributed by atoms with Crippen LogP contribution in [0.4, 0.5) is 5.95 Å². The first-order valence-corrected chi connectivity index (χ1v) is 8.34. The molecule has 1 aromatic carbocycles. The van der Waals surface area contributed by atoms with E-state index < -0.39 is 0 Å². The second-order valence-electron chi connectivity index (χ2n) is 6.42. The van der Waals surface area contributed by atoms with Crippen molar-refractivity contribution < 1.29 is 25.5 Å². The maximum absolute atomic E-state index is 6.07. The SMILES string of the molecule is Cc1c(-c2ncco2)nc(N)n2nc(Cc3ccc([C-](C)C)cc3)nc12.[Mo]. The Balaban J connectivity index is 0.00000210. The van der Waals surface area contributed by atoms with E-state index in [4.69, 9.17) is 10.2 Å². The fraction of sp³-hybridized carbons (Fsp3) is 0.211. The van der Waals surface area contributed by atoms with Crippen LogP contribution in [0, 0.1) is 12.8 Å². The summed E-state index contributed by atoms with van der Waals surface area (Å²) in [7, 11) is 0. The summed E-state index contributed by atoms with van der Waals surface area (Å²) in [6.07, 6.45) is 3.70. The van der Waals surface area contributed by atoms with Gasteiger partial charge in [-0.3, -0.25) is 0 Å². The average Bonchev–Trinajstić information content (AvgIpc) is 3.28. The Labute approximate surface area is 171 Å². The molecule has 7 nitrogen and oxygen atoms in total. The summed E-state index contributed by atoms with van der Waals surface area (Å²) in [5.41, 5.74) is 10.5. The molecule has 2 N–H and O–H groups in total. The number of oxazole rings is 1. The van der Waals surface area contributed by atoms with Crippen molar-refractivity contribution in [2.75, 3.05) is 5.73 Å². The summed E-state index contributed by atoms with van der Waals surface area (Å²) in [6, 6.07) is 8.42. The third kappa shape index (κ3) is 3.60. The molecular formula is C19H19MoN6O-. The van der Waals surface area contributed by atoms with Crippen LogP contribution in [0.15, 0.2) is 41.1 Å². The van der Waals surface area contributed by atoms with E-state index in [0.29, 0.717) is 29.5 Å². The maximum atomic E-state index is 6.07. The quantitative estimate of drug-likeness (QED) is 0.385. The third-order valence-electron chi connectivity index (χ3n) is 4.31. The van der Waals surface area contributed by atoms with Gasteiger partial charge < -0.3 is 10.2 Å². The van der Waals surface area contributed by atoms with Crippen molar-refractivity contribution in [3.8, 4) is 11.6 Å². The second kappa shape index (κ2) is 7.53. The van der Waals surface area contributed by atoms with Gasteiger partial charge in [-0.1, -0.05) is 19.4 Å². The minimum atomic E-state index is 0. The summed E-state index contributed by atoms with van der Waals surface area (Å²) in [5, 5.41) is 4.51. The molecule has 0 spiro atoms. The summed E-state index contributed by atoms with van der Waals surface area (Å²) >= 11 is 0. The fourth-order valence-electron chi connectivity index (χ4n) is 2.87. The van der Waals surface area contributed by atoms with Crippen molar-refractivity contribution in [2.45, 2.75) is 27.2 Å². The van der Waals surface area contributed by atoms with Crippen LogP contribution in [0.5, 0.6) is 0 Å². The summed E-state index contributed by atoms with van der Waals surface area (Å²) in [6.45, 7) is 6.11. The Morgan fingerprint density at radius 3 is 2.52 bits per heavy atom. The van der Waals surface area contributed by atoms with E-state index in [0.717, 1.165) is 11.1 Å². The van der Waals surface area contributed by atoms with Crippen LogP contribution >= 0.6 is 0 Å². The summed E-state index contributed by atoms with van der Waals surface area (Å²) in [4.78, 5) is 13.2. The van der Waals surface area contributed by atoms with Gasteiger partial charge in [-0.15, -0.1) is 17.2 Å². The first-order valence-electron chi connectivity index (χ1n) is 8.34. The van der Waals surface area contributed by atoms with Gasteiger partial charge in [0.15, 0.2) is 11.5 Å². The normalized spacial score (nSPS) is 10.8. The predicted octanol–water partition coefficient (Wildman–Crippen LogP) is 3.22. The van der Waals surface area contributed by atoms with Crippen molar-refractivity contribution in [1.29, 1.82) is 0 Å². The van der Waals surface area contributed by atoms with Gasteiger partial charge in [0.25, 0.3) is 0 Å². The zero-order valence-electron chi connectivity index (χ0n) is 15.3. The fourth-order valence-corrected chi connectivity index (χ4v) is 2.87. The van der Waals surface area contributed by atoms with E-state index in [-0.39, 0.29) is 27.0 Å². The van der Waals surface area contributed by atoms with E-state index in [1.54, 1.807) is 10.7 Å². The maximum Gasteiger partial charge on any atom is 0.245 e. The van der Waals surface area contributed by atoms with E-state index in [1.807, 2.05) is 6.92 Å². The summed E-state index contributed by atoms with van der Waals surface area (Å²) in [5.74, 6) is 2.65. The molecule has 0 aliphatic heterocycles. The Morgan fingerprint density at radius 2 is 1.89 bits per heavy atom. The number of hydrogen-bond donors (Lipinski definition) is 1. The third-order valence-corrected chi connectivity index (χ3v) is 4.31. The zero-order valence-corrected chi connectivity index (χ0v) is 17.3. The van der Waals surface area contributed by atoms with Crippen molar-refractivity contribution >= 4 is 11.6 Å². The van der Waals surface area contributed by atoms with E-state index in [2.05, 4.69) is 58.2 Å². The van der Waals surface area contributed by atoms with Gasteiger partial charge >= 0.3 is 0 Å². The van der Waals surface area contributed by atoms with Crippen molar-refractivity contribution in [3.63, 3.8) is 0 Å². The number of fused-ring (bicyclic) bond motifs is 1. The van der Waals surface area contributed by atoms with E-state index >= 15 is 0 Å². The monoisotopic (exact) mass is 445 g/mol. The predicted molar refractivity (Wildman–Crippen MR) is 98.4 cm³/mol. The molecule has 4 aromatic rings. The van der Waals surface area contributed by atoms with Gasteiger partial charge in [-0.05, 0) is 6.92 Å². The van der Waals surface area contributed by atoms with Crippen LogP contribution in [0.25, 0.3) is 17.2 Å². The van der Waals surface area contributed by atoms with E-state index in [1.165, 1.54) is 17.7 Å². The molecule has 0 saturated carbocycles. The van der Waals surface area contributed by atoms with Crippen molar-refractivity contribution in [3.05, 3.63) is 65.2 Å². The molecule has 0 unspecified atom stereocenters. The molecule has 0 aliphatic carbocycles. The first kappa shape index (κ1) is 19.1. The topological polar surface area (TPSA) is 95.1 Å². The van der Waals surface area contributed by atoms with Crippen LogP contribution in [-0.4, -0.2) is 24.6 Å². The number of benzene rings is 1. The second-order valence-corrected chi connectivity index (χ2v) is 6.42. The molecule has 3 heterocycles. The number of aromatic nitrogens is 5. The van der Waals surface area contributed by atoms with Gasteiger partial charge in [-0.2, -0.15) is 28.1 Å². The number of rotatable bonds is 4. The van der Waals surface area contributed by atoms with Gasteiger partial charge in [0.1, 0.15) is 12.0 Å². The Morgan fingerprint density at radius 1 is 1.15 bits per heavy atom. The Hall–Kier alpha value is -2.66. The molecule has 0 amide bonds. The van der Waals surface area contributed by atoms with Crippen molar-refractivity contribution in [2.24, 2.45) is 0 Å². The largest absolute Gasteiger partial charge is 0.443 e. The van der Waals surface area contributed by atoms with Crippen LogP contribution in [0.3, 0.4) is 0 Å². The molecule has 138 valence electrons. The minimum absolute atomic E-state index is 0. The molecule has 4 rings (SSSR count). The minimum Gasteiger partial charge on any atom is -0.443 e. The van der Waals surface area contributed by atoms with Crippen molar-refractivity contribution in [1.82, 2.24) is 24.6 Å². The Bertz CT molecular complexity index is 1050. The average molecular weight is 443 g/mol. The molecule has 0 atom stereocenters. The number of anilines is 1. The Kier molecular flexibility index (Phi) is 5.33. The number of nitrogens with two attached hydrogens (primary N) is 1. The van der Waals surface area contributed by atoms with Crippen LogP contribution < -0.4 is 5.73 Å². The molecule has 0 aliphatic rings. The van der Waals surface area contributed by atoms with E-state index in [9.17, 15) is 0 Å². The van der Waals surface area contributed by atoms with Gasteiger partial charge in [0, 0.05) is 33.0 Å². The van der Waals surface area contributed by atoms with Gasteiger partial charge in [0.2, 0.25) is 11.8 Å². The smallest absolute Gasteiger partial charge is 0.245 e. The van der Waals surface area contributed by atoms with Gasteiger partial charge in [-0.25, -0.2) is 15.0 Å². The number of nitrogens with zero attached hydrogens (tertiary/aromatic N) is 5. The molecule has 27 heavy (non-hydrogen) atoms. The number of nitrogen functional groups attached to an aromatic ring is 1. The number of hydrogen-bond acceptors (Lipinski definition) is 6. The molecule has 0 saturated heterocycles. The molecule has 3 aromatic heterocycles. The first-order chi connectivity index (χ1) is 12.5. The summed E-state index contributed by atoms with van der Waals surface area (Å²) < 4.78 is 6.91. The molecule has 0 bridgehead atoms. The van der Waals surface area contributed by atoms with Crippen LogP contribution in [-0.2, 0) is 27.5 Å². The molecular weight excluding hydrogens is 424 g/mol. The zero-order chi connectivity index (χ0) is 18.3. The van der Waals surface area contributed by atoms with Crippen LogP contribution in [0.1, 0.15) is 36.4 Å². The number of aryl methyl sites for hydroxylation is 1. The molecule has 0 radical (unpaired) electrons. The molecule has 8 heteroatoms. The van der Waals surface area contributed by atoms with Crippen LogP contribution in [0.2, 0.25) is 0 Å². The standard InChI is InChI=1S/C19H19N6O.Mo/c1-11(2)14-6-4-13(5-7-14)10-15-22-17-12(3)16(18-21-8-9-26-18)23-19(20)25(17)24-15;/h4-9H,10H2,1-3H3,(H2,20,23);/q-1;.